The van der Waals surface area contributed by atoms with Gasteiger partial charge in [0.25, 0.3) is 0 Å². The Labute approximate surface area is 135 Å². The molecule has 1 amide bonds. The van der Waals surface area contributed by atoms with Gasteiger partial charge < -0.3 is 14.4 Å². The monoisotopic (exact) mass is 312 g/mol. The van der Waals surface area contributed by atoms with Crippen molar-refractivity contribution < 1.29 is 14.3 Å². The maximum Gasteiger partial charge on any atom is 0.227 e. The van der Waals surface area contributed by atoms with Crippen molar-refractivity contribution in [2.75, 3.05) is 19.7 Å². The van der Waals surface area contributed by atoms with Crippen LogP contribution in [0.15, 0.2) is 48.7 Å². The largest absolute Gasteiger partial charge is 0.494 e. The highest BCUT2D eigenvalue weighted by Gasteiger charge is 2.32. The predicted octanol–water partition coefficient (Wildman–Crippen LogP) is 2.31. The van der Waals surface area contributed by atoms with E-state index >= 15 is 0 Å². The van der Waals surface area contributed by atoms with Crippen LogP contribution in [0.5, 0.6) is 11.6 Å². The lowest BCUT2D eigenvalue weighted by Gasteiger charge is -2.38. The number of rotatable bonds is 6. The molecule has 0 bridgehead atoms. The van der Waals surface area contributed by atoms with Gasteiger partial charge in [0, 0.05) is 12.3 Å². The Morgan fingerprint density at radius 3 is 2.65 bits per heavy atom. The molecule has 0 atom stereocenters. The van der Waals surface area contributed by atoms with Crippen molar-refractivity contribution in [2.45, 2.75) is 19.4 Å². The summed E-state index contributed by atoms with van der Waals surface area (Å²) in [5.74, 6) is 1.56. The number of nitrogens with zero attached hydrogens (tertiary/aromatic N) is 2. The van der Waals surface area contributed by atoms with Gasteiger partial charge in [0.05, 0.1) is 26.1 Å². The molecule has 5 nitrogen and oxygen atoms in total. The Bertz CT molecular complexity index is 637. The van der Waals surface area contributed by atoms with Crippen molar-refractivity contribution >= 4 is 5.91 Å². The minimum absolute atomic E-state index is 0.0363. The van der Waals surface area contributed by atoms with Crippen molar-refractivity contribution in [2.24, 2.45) is 0 Å². The summed E-state index contributed by atoms with van der Waals surface area (Å²) in [6.45, 7) is 3.83. The highest BCUT2D eigenvalue weighted by atomic mass is 16.5. The molecule has 3 rings (SSSR count). The highest BCUT2D eigenvalue weighted by molar-refractivity contribution is 5.79. The molecule has 120 valence electrons. The predicted molar refractivity (Wildman–Crippen MR) is 86.5 cm³/mol. The average Bonchev–Trinajstić information content (AvgIpc) is 2.53. The molecule has 1 aliphatic heterocycles. The number of carbonyl (C=O) groups is 1. The van der Waals surface area contributed by atoms with E-state index in [-0.39, 0.29) is 12.0 Å². The second kappa shape index (κ2) is 7.13. The van der Waals surface area contributed by atoms with Crippen molar-refractivity contribution in [3.63, 3.8) is 0 Å². The number of pyridine rings is 1. The third kappa shape index (κ3) is 4.00. The van der Waals surface area contributed by atoms with Gasteiger partial charge in [-0.3, -0.25) is 4.79 Å². The first-order valence-electron chi connectivity index (χ1n) is 7.82. The molecule has 0 saturated carbocycles. The summed E-state index contributed by atoms with van der Waals surface area (Å²) < 4.78 is 11.1. The van der Waals surface area contributed by atoms with Gasteiger partial charge in [0.1, 0.15) is 11.9 Å². The molecule has 0 aliphatic carbocycles. The number of hydrogen-bond acceptors (Lipinski definition) is 4. The van der Waals surface area contributed by atoms with Crippen molar-refractivity contribution in [3.8, 4) is 11.6 Å². The van der Waals surface area contributed by atoms with E-state index in [0.29, 0.717) is 32.0 Å². The number of likely N-dealkylation sites (tertiary alicyclic amines) is 1. The molecule has 2 aromatic rings. The molecule has 0 N–H and O–H groups in total. The van der Waals surface area contributed by atoms with Crippen LogP contribution in [0.4, 0.5) is 0 Å². The van der Waals surface area contributed by atoms with Crippen molar-refractivity contribution in [1.29, 1.82) is 0 Å². The van der Waals surface area contributed by atoms with E-state index < -0.39 is 0 Å². The fourth-order valence-electron chi connectivity index (χ4n) is 2.46. The van der Waals surface area contributed by atoms with Crippen LogP contribution in [0.2, 0.25) is 0 Å². The van der Waals surface area contributed by atoms with Gasteiger partial charge in [0.15, 0.2) is 0 Å². The lowest BCUT2D eigenvalue weighted by atomic mass is 10.1. The summed E-state index contributed by atoms with van der Waals surface area (Å²) in [7, 11) is 0. The van der Waals surface area contributed by atoms with E-state index in [1.165, 1.54) is 0 Å². The molecule has 5 heteroatoms. The average molecular weight is 312 g/mol. The topological polar surface area (TPSA) is 51.7 Å². The molecule has 0 radical (unpaired) electrons. The van der Waals surface area contributed by atoms with E-state index in [4.69, 9.17) is 9.47 Å². The maximum absolute atomic E-state index is 12.2. The summed E-state index contributed by atoms with van der Waals surface area (Å²) in [4.78, 5) is 18.2. The first-order chi connectivity index (χ1) is 11.2. The molecule has 23 heavy (non-hydrogen) atoms. The van der Waals surface area contributed by atoms with E-state index in [1.54, 1.807) is 6.20 Å². The smallest absolute Gasteiger partial charge is 0.227 e. The summed E-state index contributed by atoms with van der Waals surface area (Å²) in [5, 5.41) is 0. The Morgan fingerprint density at radius 2 is 2.00 bits per heavy atom. The SMILES string of the molecule is CCOc1ccc(CC(=O)N2CC(Oc3ccccn3)C2)cc1. The normalized spacial score (nSPS) is 14.2. The molecule has 0 spiro atoms. The van der Waals surface area contributed by atoms with Crippen LogP contribution < -0.4 is 9.47 Å². The van der Waals surface area contributed by atoms with Crippen LogP contribution >= 0.6 is 0 Å². The number of amides is 1. The first kappa shape index (κ1) is 15.3. The number of benzene rings is 1. The Kier molecular flexibility index (Phi) is 4.76. The number of hydrogen-bond donors (Lipinski definition) is 0. The minimum atomic E-state index is 0.0363. The second-order valence-electron chi connectivity index (χ2n) is 5.46. The molecule has 1 fully saturated rings. The Morgan fingerprint density at radius 1 is 1.22 bits per heavy atom. The zero-order valence-corrected chi connectivity index (χ0v) is 13.1. The third-order valence-corrected chi connectivity index (χ3v) is 3.72. The first-order valence-corrected chi connectivity index (χ1v) is 7.82. The second-order valence-corrected chi connectivity index (χ2v) is 5.46. The Balaban J connectivity index is 1.45. The van der Waals surface area contributed by atoms with Crippen molar-refractivity contribution in [1.82, 2.24) is 9.88 Å². The number of ether oxygens (including phenoxy) is 2. The van der Waals surface area contributed by atoms with E-state index in [2.05, 4.69) is 4.98 Å². The molecule has 2 heterocycles. The quantitative estimate of drug-likeness (QED) is 0.821. The number of aromatic nitrogens is 1. The van der Waals surface area contributed by atoms with Gasteiger partial charge >= 0.3 is 0 Å². The van der Waals surface area contributed by atoms with E-state index in [0.717, 1.165) is 11.3 Å². The molecule has 1 aliphatic rings. The van der Waals surface area contributed by atoms with Gasteiger partial charge in [-0.1, -0.05) is 18.2 Å². The van der Waals surface area contributed by atoms with E-state index in [1.807, 2.05) is 54.3 Å². The summed E-state index contributed by atoms with van der Waals surface area (Å²) >= 11 is 0. The van der Waals surface area contributed by atoms with Crippen molar-refractivity contribution in [3.05, 3.63) is 54.2 Å². The third-order valence-electron chi connectivity index (χ3n) is 3.72. The fourth-order valence-corrected chi connectivity index (χ4v) is 2.46. The minimum Gasteiger partial charge on any atom is -0.494 e. The van der Waals surface area contributed by atoms with Gasteiger partial charge in [-0.25, -0.2) is 4.98 Å². The zero-order valence-electron chi connectivity index (χ0n) is 13.1. The maximum atomic E-state index is 12.2. The van der Waals surface area contributed by atoms with Gasteiger partial charge in [-0.2, -0.15) is 0 Å². The van der Waals surface area contributed by atoms with Gasteiger partial charge in [-0.05, 0) is 30.7 Å². The van der Waals surface area contributed by atoms with Crippen LogP contribution in [0.1, 0.15) is 12.5 Å². The van der Waals surface area contributed by atoms with E-state index in [9.17, 15) is 4.79 Å². The fraction of sp³-hybridized carbons (Fsp3) is 0.333. The van der Waals surface area contributed by atoms with Crippen LogP contribution in [-0.4, -0.2) is 41.6 Å². The molecular formula is C18H20N2O3. The zero-order chi connectivity index (χ0) is 16.1. The van der Waals surface area contributed by atoms with Gasteiger partial charge in [0.2, 0.25) is 11.8 Å². The summed E-state index contributed by atoms with van der Waals surface area (Å²) in [6, 6.07) is 13.2. The highest BCUT2D eigenvalue weighted by Crippen LogP contribution is 2.18. The molecule has 0 unspecified atom stereocenters. The van der Waals surface area contributed by atoms with Crippen LogP contribution in [0.3, 0.4) is 0 Å². The van der Waals surface area contributed by atoms with Crippen LogP contribution in [-0.2, 0) is 11.2 Å². The lowest BCUT2D eigenvalue weighted by Crippen LogP contribution is -2.56. The summed E-state index contributed by atoms with van der Waals surface area (Å²) in [5.41, 5.74) is 0.993. The number of carbonyl (C=O) groups excluding carboxylic acids is 1. The molecule has 1 aromatic carbocycles. The van der Waals surface area contributed by atoms with Crippen LogP contribution in [0.25, 0.3) is 0 Å². The molecular weight excluding hydrogens is 292 g/mol. The molecule has 1 aromatic heterocycles. The van der Waals surface area contributed by atoms with Gasteiger partial charge in [-0.15, -0.1) is 0 Å². The molecule has 1 saturated heterocycles. The lowest BCUT2D eigenvalue weighted by molar-refractivity contribution is -0.139. The van der Waals surface area contributed by atoms with Crippen LogP contribution in [0, 0.1) is 0 Å². The summed E-state index contributed by atoms with van der Waals surface area (Å²) in [6.07, 6.45) is 2.14. The standard InChI is InChI=1S/C18H20N2O3/c1-2-22-15-8-6-14(7-9-15)11-18(21)20-12-16(13-20)23-17-5-3-4-10-19-17/h3-10,16H,2,11-13H2,1H3. The Hall–Kier alpha value is -2.56.